The minimum absolute atomic E-state index is 0.0789. The molecule has 9 nitrogen and oxygen atoms in total. The van der Waals surface area contributed by atoms with Crippen molar-refractivity contribution in [1.29, 1.82) is 0 Å². The SMILES string of the molecule is CC(O)C(F)(F)Oc1ccc(-c2cscn2)c2oc(N3CC4CC(C3)N4C(=O)O)nc12. The summed E-state index contributed by atoms with van der Waals surface area (Å²) in [6.45, 7) is 1.71. The highest BCUT2D eigenvalue weighted by Gasteiger charge is 2.48. The van der Waals surface area contributed by atoms with E-state index in [9.17, 15) is 23.8 Å². The van der Waals surface area contributed by atoms with E-state index in [-0.39, 0.29) is 34.9 Å². The fourth-order valence-electron chi connectivity index (χ4n) is 4.05. The van der Waals surface area contributed by atoms with Crippen LogP contribution < -0.4 is 9.64 Å². The Morgan fingerprint density at radius 1 is 1.39 bits per heavy atom. The Kier molecular flexibility index (Phi) is 4.52. The molecule has 2 N–H and O–H groups in total. The van der Waals surface area contributed by atoms with E-state index in [0.29, 0.717) is 24.3 Å². The maximum Gasteiger partial charge on any atom is 0.424 e. The number of amides is 1. The number of carboxylic acid groups (broad SMARTS) is 1. The van der Waals surface area contributed by atoms with Gasteiger partial charge in [-0.2, -0.15) is 13.8 Å². The van der Waals surface area contributed by atoms with Gasteiger partial charge in [0.15, 0.2) is 23.0 Å². The Hall–Kier alpha value is -2.99. The second kappa shape index (κ2) is 7.02. The lowest BCUT2D eigenvalue weighted by Gasteiger charge is -2.54. The first-order valence-corrected chi connectivity index (χ1v) is 10.5. The second-order valence-corrected chi connectivity index (χ2v) is 8.36. The van der Waals surface area contributed by atoms with Crippen LogP contribution in [0.25, 0.3) is 22.4 Å². The molecule has 164 valence electrons. The number of piperazine rings is 1. The summed E-state index contributed by atoms with van der Waals surface area (Å²) in [6.07, 6.45) is -6.03. The van der Waals surface area contributed by atoms with Gasteiger partial charge in [0.2, 0.25) is 0 Å². The third-order valence-corrected chi connectivity index (χ3v) is 6.21. The number of halogens is 2. The number of carbonyl (C=O) groups is 1. The van der Waals surface area contributed by atoms with Crippen molar-refractivity contribution >= 4 is 34.5 Å². The molecule has 3 aromatic rings. The zero-order valence-electron chi connectivity index (χ0n) is 16.2. The van der Waals surface area contributed by atoms with Crippen LogP contribution in [-0.2, 0) is 0 Å². The number of fused-ring (bicyclic) bond motifs is 3. The van der Waals surface area contributed by atoms with E-state index in [2.05, 4.69) is 9.97 Å². The van der Waals surface area contributed by atoms with Crippen LogP contribution in [0.3, 0.4) is 0 Å². The van der Waals surface area contributed by atoms with Crippen LogP contribution in [-0.4, -0.2) is 68.6 Å². The van der Waals surface area contributed by atoms with Gasteiger partial charge in [0.1, 0.15) is 0 Å². The minimum atomic E-state index is -3.82. The number of benzene rings is 1. The highest BCUT2D eigenvalue weighted by Crippen LogP contribution is 2.41. The average molecular weight is 452 g/mol. The molecular weight excluding hydrogens is 434 g/mol. The van der Waals surface area contributed by atoms with Gasteiger partial charge in [-0.25, -0.2) is 9.78 Å². The molecule has 0 aliphatic carbocycles. The average Bonchev–Trinajstić information content (AvgIpc) is 3.38. The molecule has 12 heteroatoms. The van der Waals surface area contributed by atoms with Gasteiger partial charge in [0, 0.05) is 24.0 Å². The lowest BCUT2D eigenvalue weighted by molar-refractivity contribution is -0.233. The summed E-state index contributed by atoms with van der Waals surface area (Å²) in [6, 6.07) is 2.76. The molecule has 31 heavy (non-hydrogen) atoms. The van der Waals surface area contributed by atoms with E-state index >= 15 is 0 Å². The summed E-state index contributed by atoms with van der Waals surface area (Å²) in [7, 11) is 0. The van der Waals surface area contributed by atoms with E-state index < -0.39 is 18.3 Å². The Morgan fingerprint density at radius 3 is 2.74 bits per heavy atom. The number of anilines is 1. The van der Waals surface area contributed by atoms with Crippen LogP contribution in [0.1, 0.15) is 13.3 Å². The van der Waals surface area contributed by atoms with E-state index in [4.69, 9.17) is 9.15 Å². The maximum absolute atomic E-state index is 14.1. The molecule has 6 rings (SSSR count). The fraction of sp³-hybridized carbons (Fsp3) is 0.421. The molecule has 1 aromatic carbocycles. The summed E-state index contributed by atoms with van der Waals surface area (Å²) in [5.41, 5.74) is 3.12. The third kappa shape index (κ3) is 3.26. The van der Waals surface area contributed by atoms with Crippen molar-refractivity contribution < 1.29 is 32.9 Å². The number of oxazole rings is 1. The molecule has 1 amide bonds. The van der Waals surface area contributed by atoms with Crippen LogP contribution in [0.15, 0.2) is 27.4 Å². The zero-order chi connectivity index (χ0) is 21.9. The van der Waals surface area contributed by atoms with E-state index in [0.717, 1.165) is 13.3 Å². The number of rotatable bonds is 5. The number of ether oxygens (including phenoxy) is 1. The predicted molar refractivity (Wildman–Crippen MR) is 107 cm³/mol. The van der Waals surface area contributed by atoms with Gasteiger partial charge in [-0.05, 0) is 25.5 Å². The van der Waals surface area contributed by atoms with Crippen molar-refractivity contribution in [2.24, 2.45) is 0 Å². The predicted octanol–water partition coefficient (Wildman–Crippen LogP) is 3.24. The summed E-state index contributed by atoms with van der Waals surface area (Å²) in [4.78, 5) is 23.2. The lowest BCUT2D eigenvalue weighted by atomic mass is 9.88. The number of aromatic nitrogens is 2. The van der Waals surface area contributed by atoms with Crippen molar-refractivity contribution in [2.75, 3.05) is 18.0 Å². The van der Waals surface area contributed by atoms with Gasteiger partial charge >= 0.3 is 12.2 Å². The molecular formula is C19H18F2N4O5S. The molecule has 2 bridgehead atoms. The van der Waals surface area contributed by atoms with Crippen molar-refractivity contribution in [3.63, 3.8) is 0 Å². The quantitative estimate of drug-likeness (QED) is 0.607. The molecule has 3 aliphatic heterocycles. The first-order chi connectivity index (χ1) is 14.7. The summed E-state index contributed by atoms with van der Waals surface area (Å²) in [5.74, 6) is -0.232. The van der Waals surface area contributed by atoms with Crippen LogP contribution in [0, 0.1) is 0 Å². The highest BCUT2D eigenvalue weighted by molar-refractivity contribution is 7.07. The smallest absolute Gasteiger partial charge is 0.424 e. The topological polar surface area (TPSA) is 112 Å². The Bertz CT molecular complexity index is 1120. The Labute approximate surface area is 178 Å². The van der Waals surface area contributed by atoms with Crippen LogP contribution in [0.4, 0.5) is 19.6 Å². The summed E-state index contributed by atoms with van der Waals surface area (Å²) >= 11 is 1.38. The van der Waals surface area contributed by atoms with E-state index in [1.54, 1.807) is 21.9 Å². The number of aliphatic hydroxyl groups excluding tert-OH is 1. The van der Waals surface area contributed by atoms with Crippen molar-refractivity contribution in [2.45, 2.75) is 37.6 Å². The summed E-state index contributed by atoms with van der Waals surface area (Å²) in [5, 5.41) is 20.4. The standard InChI is InChI=1S/C19H18F2N4O5S/c1-9(26)19(20,21)30-14-3-2-12(13-7-31-8-22-13)16-15(14)23-17(29-16)24-5-10-4-11(6-24)25(10)18(27)28/h2-3,7-11,26H,4-6H2,1H3,(H,27,28). The number of alkyl halides is 2. The molecule has 3 unspecified atom stereocenters. The molecule has 3 saturated heterocycles. The maximum atomic E-state index is 14.1. The first-order valence-electron chi connectivity index (χ1n) is 9.58. The van der Waals surface area contributed by atoms with Gasteiger partial charge in [0.25, 0.3) is 6.01 Å². The molecule has 3 aliphatic rings. The minimum Gasteiger partial charge on any atom is -0.465 e. The number of thiazole rings is 1. The first kappa shape index (κ1) is 19.9. The largest absolute Gasteiger partial charge is 0.465 e. The number of hydrogen-bond donors (Lipinski definition) is 2. The number of hydrogen-bond acceptors (Lipinski definition) is 8. The number of nitrogens with zero attached hydrogens (tertiary/aromatic N) is 4. The second-order valence-electron chi connectivity index (χ2n) is 7.64. The van der Waals surface area contributed by atoms with Gasteiger partial charge in [-0.3, -0.25) is 4.90 Å². The van der Waals surface area contributed by atoms with E-state index in [1.165, 1.54) is 22.3 Å². The normalized spacial score (nSPS) is 21.8. The van der Waals surface area contributed by atoms with Crippen LogP contribution in [0.2, 0.25) is 0 Å². The molecule has 3 atom stereocenters. The lowest BCUT2D eigenvalue weighted by Crippen LogP contribution is -2.70. The monoisotopic (exact) mass is 452 g/mol. The molecule has 0 radical (unpaired) electrons. The molecule has 3 fully saturated rings. The molecule has 5 heterocycles. The van der Waals surface area contributed by atoms with Gasteiger partial charge in [-0.15, -0.1) is 11.3 Å². The van der Waals surface area contributed by atoms with Gasteiger partial charge in [0.05, 0.1) is 23.3 Å². The van der Waals surface area contributed by atoms with Crippen molar-refractivity contribution in [3.05, 3.63) is 23.0 Å². The van der Waals surface area contributed by atoms with Gasteiger partial charge in [-0.1, -0.05) is 0 Å². The Morgan fingerprint density at radius 2 is 2.13 bits per heavy atom. The number of piperidine rings is 1. The van der Waals surface area contributed by atoms with Crippen molar-refractivity contribution in [3.8, 4) is 17.0 Å². The zero-order valence-corrected chi connectivity index (χ0v) is 17.1. The van der Waals surface area contributed by atoms with Gasteiger partial charge < -0.3 is 24.3 Å². The molecule has 0 saturated carbocycles. The van der Waals surface area contributed by atoms with Crippen LogP contribution in [0.5, 0.6) is 5.75 Å². The highest BCUT2D eigenvalue weighted by atomic mass is 32.1. The molecule has 0 spiro atoms. The van der Waals surface area contributed by atoms with E-state index in [1.807, 2.05) is 0 Å². The summed E-state index contributed by atoms with van der Waals surface area (Å²) < 4.78 is 38.9. The molecule has 2 aromatic heterocycles. The Balaban J connectivity index is 1.54. The third-order valence-electron chi connectivity index (χ3n) is 5.62. The fourth-order valence-corrected chi connectivity index (χ4v) is 4.60. The van der Waals surface area contributed by atoms with Crippen LogP contribution >= 0.6 is 11.3 Å². The van der Waals surface area contributed by atoms with Crippen molar-refractivity contribution in [1.82, 2.24) is 14.9 Å². The number of aliphatic hydroxyl groups is 1.